The van der Waals surface area contributed by atoms with Crippen LogP contribution in [0, 0.1) is 0 Å². The van der Waals surface area contributed by atoms with Crippen molar-refractivity contribution in [2.24, 2.45) is 0 Å². The molecule has 2 aromatic carbocycles. The van der Waals surface area contributed by atoms with E-state index >= 15 is 0 Å². The molecule has 15 heteroatoms. The highest BCUT2D eigenvalue weighted by atomic mass is 35.5. The van der Waals surface area contributed by atoms with Crippen molar-refractivity contribution in [3.05, 3.63) is 101 Å². The SMILES string of the molecule is CCC(C)n1ncn(-c2ccc(N3CCN(c4ccc(OC[C@@H]5CO[C@@](Cn6cnnn6)(c6ccccc6Cl)O5)cn4)CC3)cc2)c1=O. The lowest BCUT2D eigenvalue weighted by molar-refractivity contribution is -0.190. The van der Waals surface area contributed by atoms with Gasteiger partial charge in [0.25, 0.3) is 0 Å². The van der Waals surface area contributed by atoms with Crippen molar-refractivity contribution in [3.8, 4) is 11.4 Å². The molecule has 3 aromatic heterocycles. The van der Waals surface area contributed by atoms with Crippen molar-refractivity contribution in [1.82, 2.24) is 39.5 Å². The number of rotatable bonds is 11. The van der Waals surface area contributed by atoms with Gasteiger partial charge in [-0.1, -0.05) is 36.7 Å². The zero-order chi connectivity index (χ0) is 33.1. The molecule has 48 heavy (non-hydrogen) atoms. The molecule has 14 nitrogen and oxygen atoms in total. The predicted molar refractivity (Wildman–Crippen MR) is 179 cm³/mol. The highest BCUT2D eigenvalue weighted by molar-refractivity contribution is 6.31. The Morgan fingerprint density at radius 2 is 1.77 bits per heavy atom. The van der Waals surface area contributed by atoms with Crippen LogP contribution in [0.2, 0.25) is 5.02 Å². The maximum atomic E-state index is 12.8. The number of nitrogens with zero attached hydrogens (tertiary/aromatic N) is 10. The molecular formula is C33H37ClN10O4. The Bertz CT molecular complexity index is 1860. The average molecular weight is 673 g/mol. The quantitative estimate of drug-likeness (QED) is 0.204. The molecule has 0 bridgehead atoms. The lowest BCUT2D eigenvalue weighted by Crippen LogP contribution is -2.46. The molecule has 3 atom stereocenters. The normalized spacial score (nSPS) is 20.3. The fourth-order valence-electron chi connectivity index (χ4n) is 6.01. The fraction of sp³-hybridized carbons (Fsp3) is 0.394. The summed E-state index contributed by atoms with van der Waals surface area (Å²) in [5.41, 5.74) is 2.50. The number of anilines is 2. The number of halogens is 1. The third kappa shape index (κ3) is 6.50. The maximum absolute atomic E-state index is 12.8. The van der Waals surface area contributed by atoms with Crippen molar-refractivity contribution < 1.29 is 14.2 Å². The third-order valence-electron chi connectivity index (χ3n) is 8.86. The van der Waals surface area contributed by atoms with Crippen LogP contribution in [0.15, 0.2) is 84.3 Å². The van der Waals surface area contributed by atoms with Gasteiger partial charge in [-0.2, -0.15) is 5.10 Å². The summed E-state index contributed by atoms with van der Waals surface area (Å²) in [4.78, 5) is 22.1. The third-order valence-corrected chi connectivity index (χ3v) is 9.19. The molecule has 5 heterocycles. The summed E-state index contributed by atoms with van der Waals surface area (Å²) < 4.78 is 23.4. The molecule has 0 saturated carbocycles. The largest absolute Gasteiger partial charge is 0.489 e. The molecular weight excluding hydrogens is 636 g/mol. The van der Waals surface area contributed by atoms with Crippen LogP contribution < -0.4 is 20.2 Å². The molecule has 2 saturated heterocycles. The van der Waals surface area contributed by atoms with Gasteiger partial charge in [-0.3, -0.25) is 0 Å². The summed E-state index contributed by atoms with van der Waals surface area (Å²) >= 11 is 6.54. The molecule has 1 unspecified atom stereocenters. The number of benzene rings is 2. The molecule has 0 radical (unpaired) electrons. The number of hydrogen-bond acceptors (Lipinski definition) is 11. The van der Waals surface area contributed by atoms with E-state index in [1.165, 1.54) is 11.0 Å². The summed E-state index contributed by atoms with van der Waals surface area (Å²) in [7, 11) is 0. The minimum absolute atomic E-state index is 0.0614. The van der Waals surface area contributed by atoms with E-state index in [0.29, 0.717) is 22.9 Å². The van der Waals surface area contributed by atoms with Gasteiger partial charge in [-0.25, -0.2) is 23.7 Å². The molecule has 7 rings (SSSR count). The van der Waals surface area contributed by atoms with E-state index in [2.05, 4.69) is 47.5 Å². The first-order valence-electron chi connectivity index (χ1n) is 16.1. The smallest absolute Gasteiger partial charge is 0.350 e. The minimum atomic E-state index is -1.15. The topological polar surface area (TPSA) is 130 Å². The molecule has 2 aliphatic heterocycles. The van der Waals surface area contributed by atoms with E-state index in [-0.39, 0.29) is 31.0 Å². The Hall–Kier alpha value is -4.79. The Labute approximate surface area is 282 Å². The predicted octanol–water partition coefficient (Wildman–Crippen LogP) is 3.71. The summed E-state index contributed by atoms with van der Waals surface area (Å²) in [6.45, 7) is 8.22. The first-order valence-corrected chi connectivity index (χ1v) is 16.4. The van der Waals surface area contributed by atoms with Gasteiger partial charge in [0, 0.05) is 42.5 Å². The summed E-state index contributed by atoms with van der Waals surface area (Å²) in [5, 5.41) is 16.3. The van der Waals surface area contributed by atoms with Gasteiger partial charge in [-0.05, 0) is 66.2 Å². The Morgan fingerprint density at radius 3 is 2.48 bits per heavy atom. The average Bonchev–Trinajstić information content (AvgIpc) is 3.89. The highest BCUT2D eigenvalue weighted by Crippen LogP contribution is 2.39. The molecule has 0 amide bonds. The number of pyridine rings is 1. The van der Waals surface area contributed by atoms with Crippen molar-refractivity contribution in [3.63, 3.8) is 0 Å². The Morgan fingerprint density at radius 1 is 1.00 bits per heavy atom. The van der Waals surface area contributed by atoms with E-state index in [9.17, 15) is 4.79 Å². The zero-order valence-corrected chi connectivity index (χ0v) is 27.6. The van der Waals surface area contributed by atoms with Crippen LogP contribution in [-0.4, -0.2) is 85.0 Å². The lowest BCUT2D eigenvalue weighted by atomic mass is 10.1. The van der Waals surface area contributed by atoms with Gasteiger partial charge < -0.3 is 24.0 Å². The lowest BCUT2D eigenvalue weighted by Gasteiger charge is -2.36. The van der Waals surface area contributed by atoms with Crippen LogP contribution in [0.5, 0.6) is 5.75 Å². The molecule has 0 N–H and O–H groups in total. The second-order valence-corrected chi connectivity index (χ2v) is 12.3. The number of hydrogen-bond donors (Lipinski definition) is 0. The second-order valence-electron chi connectivity index (χ2n) is 11.9. The van der Waals surface area contributed by atoms with Crippen LogP contribution in [0.4, 0.5) is 11.5 Å². The van der Waals surface area contributed by atoms with Gasteiger partial charge in [0.05, 0.1) is 24.5 Å². The van der Waals surface area contributed by atoms with Crippen LogP contribution in [-0.2, 0) is 21.8 Å². The van der Waals surface area contributed by atoms with Crippen molar-refractivity contribution in [1.29, 1.82) is 0 Å². The van der Waals surface area contributed by atoms with Gasteiger partial charge in [0.1, 0.15) is 43.5 Å². The molecule has 2 fully saturated rings. The van der Waals surface area contributed by atoms with Gasteiger partial charge in [0.2, 0.25) is 5.79 Å². The van der Waals surface area contributed by atoms with E-state index in [0.717, 1.165) is 49.8 Å². The van der Waals surface area contributed by atoms with Crippen molar-refractivity contribution in [2.45, 2.75) is 44.7 Å². The van der Waals surface area contributed by atoms with Crippen LogP contribution in [0.1, 0.15) is 31.9 Å². The number of aromatic nitrogens is 8. The first kappa shape index (κ1) is 31.8. The Kier molecular flexibility index (Phi) is 9.11. The highest BCUT2D eigenvalue weighted by Gasteiger charge is 2.45. The number of tetrazole rings is 1. The Balaban J connectivity index is 0.921. The standard InChI is InChI=1S/C33H37ClN10O4/c1-3-24(2)44-32(45)43(23-37-44)26-10-8-25(9-11-26)40-14-16-41(17-15-40)31-13-12-27(18-35-31)46-19-28-20-47-33(48-28,21-42-22-36-38-39-42)29-6-4-5-7-30(29)34/h4-13,18,22-24,28H,3,14-17,19-21H2,1-2H3/t24?,28-,33-/m1/s1. The van der Waals surface area contributed by atoms with E-state index in [1.54, 1.807) is 27.8 Å². The number of ether oxygens (including phenoxy) is 3. The van der Waals surface area contributed by atoms with E-state index in [4.69, 9.17) is 25.8 Å². The van der Waals surface area contributed by atoms with Crippen molar-refractivity contribution >= 4 is 23.1 Å². The maximum Gasteiger partial charge on any atom is 0.350 e. The van der Waals surface area contributed by atoms with Gasteiger partial charge in [0.15, 0.2) is 0 Å². The molecule has 0 spiro atoms. The summed E-state index contributed by atoms with van der Waals surface area (Å²) in [6, 6.07) is 19.5. The van der Waals surface area contributed by atoms with Crippen LogP contribution in [0.25, 0.3) is 5.69 Å². The van der Waals surface area contributed by atoms with Crippen LogP contribution >= 0.6 is 11.6 Å². The minimum Gasteiger partial charge on any atom is -0.489 e. The molecule has 2 aliphatic rings. The number of piperazine rings is 1. The molecule has 0 aliphatic carbocycles. The first-order chi connectivity index (χ1) is 23.4. The molecule has 5 aromatic rings. The van der Waals surface area contributed by atoms with Gasteiger partial charge in [-0.15, -0.1) is 5.10 Å². The van der Waals surface area contributed by atoms with Gasteiger partial charge >= 0.3 is 5.69 Å². The monoisotopic (exact) mass is 672 g/mol. The van der Waals surface area contributed by atoms with E-state index in [1.807, 2.05) is 56.3 Å². The zero-order valence-electron chi connectivity index (χ0n) is 26.8. The van der Waals surface area contributed by atoms with E-state index < -0.39 is 5.79 Å². The van der Waals surface area contributed by atoms with Crippen LogP contribution in [0.3, 0.4) is 0 Å². The fourth-order valence-corrected chi connectivity index (χ4v) is 6.29. The second kappa shape index (κ2) is 13.7. The summed E-state index contributed by atoms with van der Waals surface area (Å²) in [6.07, 6.45) is 5.34. The van der Waals surface area contributed by atoms with Crippen molar-refractivity contribution in [2.75, 3.05) is 49.2 Å². The molecule has 250 valence electrons. The summed E-state index contributed by atoms with van der Waals surface area (Å²) in [5.74, 6) is 0.394.